The first kappa shape index (κ1) is 18.5. The number of carbonyl (C=O) groups is 2. The Hall–Kier alpha value is -2.86. The Morgan fingerprint density at radius 3 is 2.44 bits per heavy atom. The number of hydrogen-bond acceptors (Lipinski definition) is 5. The van der Waals surface area contributed by atoms with Gasteiger partial charge in [0.25, 0.3) is 0 Å². The van der Waals surface area contributed by atoms with E-state index < -0.39 is 18.0 Å². The highest BCUT2D eigenvalue weighted by Gasteiger charge is 2.12. The van der Waals surface area contributed by atoms with E-state index in [1.807, 2.05) is 0 Å². The molecule has 2 rings (SSSR count). The van der Waals surface area contributed by atoms with Gasteiger partial charge in [-0.15, -0.1) is 0 Å². The molecule has 0 aliphatic carbocycles. The predicted octanol–water partition coefficient (Wildman–Crippen LogP) is 3.73. The Balaban J connectivity index is 2.08. The van der Waals surface area contributed by atoms with Gasteiger partial charge in [0.15, 0.2) is 6.10 Å². The van der Waals surface area contributed by atoms with Crippen LogP contribution in [0, 0.1) is 0 Å². The van der Waals surface area contributed by atoms with Crippen LogP contribution in [0.5, 0.6) is 5.75 Å². The molecule has 1 atom stereocenters. The molecule has 0 bridgehead atoms. The van der Waals surface area contributed by atoms with Crippen LogP contribution in [-0.2, 0) is 9.53 Å². The summed E-state index contributed by atoms with van der Waals surface area (Å²) in [7, 11) is 1.29. The minimum atomic E-state index is -1.03. The number of hydrogen-bond donors (Lipinski definition) is 1. The van der Waals surface area contributed by atoms with Gasteiger partial charge in [-0.05, 0) is 55.0 Å². The molecular weight excluding hydrogens is 346 g/mol. The third kappa shape index (κ3) is 5.06. The highest BCUT2D eigenvalue weighted by atomic mass is 35.5. The average molecular weight is 362 g/mol. The first-order valence-electron chi connectivity index (χ1n) is 7.32. The number of aliphatic carboxylic acids is 1. The highest BCUT2D eigenvalue weighted by molar-refractivity contribution is 6.33. The number of carboxylic acid groups (broad SMARTS) is 1. The van der Waals surface area contributed by atoms with Crippen LogP contribution in [0.4, 0.5) is 5.69 Å². The smallest absolute Gasteiger partial charge is 0.344 e. The van der Waals surface area contributed by atoms with Crippen LogP contribution in [0.2, 0.25) is 5.02 Å². The molecule has 25 heavy (non-hydrogen) atoms. The maximum absolute atomic E-state index is 11.5. The van der Waals surface area contributed by atoms with Crippen LogP contribution < -0.4 is 4.74 Å². The molecule has 0 saturated heterocycles. The minimum absolute atomic E-state index is 0.257. The fourth-order valence-corrected chi connectivity index (χ4v) is 2.15. The van der Waals surface area contributed by atoms with Crippen molar-refractivity contribution in [3.8, 4) is 5.75 Å². The van der Waals surface area contributed by atoms with Gasteiger partial charge in [0.1, 0.15) is 5.75 Å². The molecule has 0 heterocycles. The highest BCUT2D eigenvalue weighted by Crippen LogP contribution is 2.23. The molecule has 0 amide bonds. The molecule has 0 spiro atoms. The van der Waals surface area contributed by atoms with E-state index in [1.54, 1.807) is 48.7 Å². The molecule has 7 heteroatoms. The van der Waals surface area contributed by atoms with Gasteiger partial charge in [-0.1, -0.05) is 11.6 Å². The first-order valence-corrected chi connectivity index (χ1v) is 7.70. The summed E-state index contributed by atoms with van der Waals surface area (Å²) in [4.78, 5) is 26.5. The molecule has 0 radical (unpaired) electrons. The van der Waals surface area contributed by atoms with E-state index in [2.05, 4.69) is 9.73 Å². The van der Waals surface area contributed by atoms with Gasteiger partial charge in [0, 0.05) is 6.21 Å². The number of esters is 1. The topological polar surface area (TPSA) is 85.2 Å². The summed E-state index contributed by atoms with van der Waals surface area (Å²) in [6.45, 7) is 1.46. The van der Waals surface area contributed by atoms with Crippen molar-refractivity contribution in [3.63, 3.8) is 0 Å². The van der Waals surface area contributed by atoms with Crippen LogP contribution in [0.25, 0.3) is 0 Å². The second-order valence-corrected chi connectivity index (χ2v) is 5.49. The third-order valence-electron chi connectivity index (χ3n) is 3.26. The minimum Gasteiger partial charge on any atom is -0.479 e. The van der Waals surface area contributed by atoms with Crippen LogP contribution in [0.1, 0.15) is 22.8 Å². The Kier molecular flexibility index (Phi) is 6.14. The molecule has 0 aliphatic rings. The molecular formula is C18H16ClNO5. The number of ether oxygens (including phenoxy) is 2. The lowest BCUT2D eigenvalue weighted by atomic mass is 10.2. The first-order chi connectivity index (χ1) is 11.9. The monoisotopic (exact) mass is 361 g/mol. The van der Waals surface area contributed by atoms with Gasteiger partial charge in [-0.25, -0.2) is 9.59 Å². The van der Waals surface area contributed by atoms with Gasteiger partial charge < -0.3 is 14.6 Å². The van der Waals surface area contributed by atoms with E-state index in [4.69, 9.17) is 21.4 Å². The molecule has 0 unspecified atom stereocenters. The van der Waals surface area contributed by atoms with Gasteiger partial charge in [0.05, 0.1) is 23.4 Å². The quantitative estimate of drug-likeness (QED) is 0.626. The number of methoxy groups -OCH3 is 1. The largest absolute Gasteiger partial charge is 0.479 e. The fourth-order valence-electron chi connectivity index (χ4n) is 1.90. The summed E-state index contributed by atoms with van der Waals surface area (Å²) < 4.78 is 9.88. The number of benzene rings is 2. The standard InChI is InChI=1S/C18H16ClNO5/c1-11(17(21)22)25-14-6-3-12(4-7-14)10-20-13-5-8-15(16(19)9-13)18(23)24-2/h3-11H,1-2H3,(H,21,22)/t11-/m0/s1. The number of nitrogens with zero attached hydrogens (tertiary/aromatic N) is 1. The zero-order chi connectivity index (χ0) is 18.4. The van der Waals surface area contributed by atoms with Gasteiger partial charge in [-0.2, -0.15) is 0 Å². The van der Waals surface area contributed by atoms with Crippen molar-refractivity contribution in [2.24, 2.45) is 4.99 Å². The molecule has 2 aromatic carbocycles. The van der Waals surface area contributed by atoms with Crippen molar-refractivity contribution in [2.75, 3.05) is 7.11 Å². The van der Waals surface area contributed by atoms with Crippen molar-refractivity contribution < 1.29 is 24.2 Å². The second-order valence-electron chi connectivity index (χ2n) is 5.08. The van der Waals surface area contributed by atoms with E-state index in [1.165, 1.54) is 14.0 Å². The molecule has 6 nitrogen and oxygen atoms in total. The van der Waals surface area contributed by atoms with Crippen molar-refractivity contribution in [3.05, 3.63) is 58.6 Å². The Labute approximate surface area is 149 Å². The zero-order valence-electron chi connectivity index (χ0n) is 13.6. The van der Waals surface area contributed by atoms with Crippen LogP contribution in [0.3, 0.4) is 0 Å². The Morgan fingerprint density at radius 1 is 1.20 bits per heavy atom. The third-order valence-corrected chi connectivity index (χ3v) is 3.57. The van der Waals surface area contributed by atoms with Gasteiger partial charge >= 0.3 is 11.9 Å². The summed E-state index contributed by atoms with van der Waals surface area (Å²) in [5, 5.41) is 9.07. The Bertz CT molecular complexity index is 802. The molecule has 1 N–H and O–H groups in total. The fraction of sp³-hybridized carbons (Fsp3) is 0.167. The summed E-state index contributed by atoms with van der Waals surface area (Å²) >= 11 is 6.04. The molecule has 0 aliphatic heterocycles. The lowest BCUT2D eigenvalue weighted by Gasteiger charge is -2.09. The van der Waals surface area contributed by atoms with E-state index >= 15 is 0 Å². The zero-order valence-corrected chi connectivity index (χ0v) is 14.4. The van der Waals surface area contributed by atoms with E-state index in [-0.39, 0.29) is 10.6 Å². The van der Waals surface area contributed by atoms with Crippen LogP contribution in [0.15, 0.2) is 47.5 Å². The molecule has 0 fully saturated rings. The molecule has 130 valence electrons. The maximum Gasteiger partial charge on any atom is 0.344 e. The SMILES string of the molecule is COC(=O)c1ccc(N=Cc2ccc(O[C@@H](C)C(=O)O)cc2)cc1Cl. The van der Waals surface area contributed by atoms with E-state index in [9.17, 15) is 9.59 Å². The van der Waals surface area contributed by atoms with Crippen molar-refractivity contribution in [1.29, 1.82) is 0 Å². The number of rotatable bonds is 6. The Morgan fingerprint density at radius 2 is 1.88 bits per heavy atom. The summed E-state index contributed by atoms with van der Waals surface area (Å²) in [6.07, 6.45) is 0.698. The van der Waals surface area contributed by atoms with E-state index in [0.29, 0.717) is 11.4 Å². The molecule has 0 aromatic heterocycles. The van der Waals surface area contributed by atoms with Crippen molar-refractivity contribution in [2.45, 2.75) is 13.0 Å². The second kappa shape index (κ2) is 8.30. The van der Waals surface area contributed by atoms with Crippen LogP contribution in [-0.4, -0.2) is 36.5 Å². The van der Waals surface area contributed by atoms with E-state index in [0.717, 1.165) is 5.56 Å². The summed E-state index contributed by atoms with van der Waals surface area (Å²) in [6, 6.07) is 11.6. The average Bonchev–Trinajstić information content (AvgIpc) is 2.60. The number of halogens is 1. The van der Waals surface area contributed by atoms with Gasteiger partial charge in [0.2, 0.25) is 0 Å². The normalized spacial score (nSPS) is 12.0. The summed E-state index contributed by atoms with van der Waals surface area (Å²) in [5.74, 6) is -1.08. The number of carboxylic acids is 1. The lowest BCUT2D eigenvalue weighted by Crippen LogP contribution is -2.22. The van der Waals surface area contributed by atoms with Gasteiger partial charge in [-0.3, -0.25) is 4.99 Å². The number of carbonyl (C=O) groups excluding carboxylic acids is 1. The summed E-state index contributed by atoms with van der Waals surface area (Å²) in [5.41, 5.74) is 1.65. The predicted molar refractivity (Wildman–Crippen MR) is 94.2 cm³/mol. The van der Waals surface area contributed by atoms with Crippen molar-refractivity contribution >= 4 is 35.4 Å². The van der Waals surface area contributed by atoms with Crippen LogP contribution >= 0.6 is 11.6 Å². The molecule has 2 aromatic rings. The maximum atomic E-state index is 11.5. The number of aliphatic imine (C=N–C) groups is 1. The lowest BCUT2D eigenvalue weighted by molar-refractivity contribution is -0.144. The van der Waals surface area contributed by atoms with Crippen molar-refractivity contribution in [1.82, 2.24) is 0 Å². The molecule has 0 saturated carbocycles.